The topological polar surface area (TPSA) is 68.0 Å². The Morgan fingerprint density at radius 3 is 2.32 bits per heavy atom. The minimum atomic E-state index is -0.199. The van der Waals surface area contributed by atoms with Crippen molar-refractivity contribution in [2.45, 2.75) is 20.8 Å². The molecule has 2 rings (SSSR count). The Bertz CT molecular complexity index is 612. The fraction of sp³-hybridized carbons (Fsp3) is 0.200. The van der Waals surface area contributed by atoms with E-state index in [2.05, 4.69) is 10.3 Å². The van der Waals surface area contributed by atoms with Gasteiger partial charge in [0.2, 0.25) is 0 Å². The number of amides is 1. The molecule has 0 radical (unpaired) electrons. The Morgan fingerprint density at radius 2 is 1.74 bits per heavy atom. The molecule has 0 bridgehead atoms. The number of nitrogens with one attached hydrogen (secondary N) is 1. The summed E-state index contributed by atoms with van der Waals surface area (Å²) in [5.41, 5.74) is 10.7. The Morgan fingerprint density at radius 1 is 1.11 bits per heavy atom. The zero-order valence-electron chi connectivity index (χ0n) is 11.3. The highest BCUT2D eigenvalue weighted by atomic mass is 16.1. The van der Waals surface area contributed by atoms with Crippen LogP contribution in [-0.2, 0) is 0 Å². The van der Waals surface area contributed by atoms with Crippen molar-refractivity contribution in [3.8, 4) is 0 Å². The standard InChI is InChI=1S/C15H17N3O/c1-9-4-10(2)14(11(3)5-9)18-15(19)12-6-13(16)8-17-7-12/h4-8H,16H2,1-3H3,(H,18,19). The number of hydrogen-bond acceptors (Lipinski definition) is 3. The van der Waals surface area contributed by atoms with Gasteiger partial charge in [-0.2, -0.15) is 0 Å². The van der Waals surface area contributed by atoms with Crippen LogP contribution in [0.25, 0.3) is 0 Å². The molecule has 0 spiro atoms. The SMILES string of the molecule is Cc1cc(C)c(NC(=O)c2cncc(N)c2)c(C)c1. The van der Waals surface area contributed by atoms with Gasteiger partial charge in [-0.15, -0.1) is 0 Å². The van der Waals surface area contributed by atoms with Crippen LogP contribution in [0.5, 0.6) is 0 Å². The fourth-order valence-corrected chi connectivity index (χ4v) is 2.14. The van der Waals surface area contributed by atoms with Gasteiger partial charge >= 0.3 is 0 Å². The van der Waals surface area contributed by atoms with Gasteiger partial charge in [0.05, 0.1) is 11.3 Å². The molecule has 0 aliphatic rings. The smallest absolute Gasteiger partial charge is 0.257 e. The zero-order valence-corrected chi connectivity index (χ0v) is 11.3. The Kier molecular flexibility index (Phi) is 3.51. The maximum absolute atomic E-state index is 12.1. The molecular formula is C15H17N3O. The number of aryl methyl sites for hydroxylation is 3. The third kappa shape index (κ3) is 2.91. The first-order valence-electron chi connectivity index (χ1n) is 6.07. The molecule has 98 valence electrons. The van der Waals surface area contributed by atoms with E-state index < -0.39 is 0 Å². The predicted molar refractivity (Wildman–Crippen MR) is 77.3 cm³/mol. The van der Waals surface area contributed by atoms with E-state index in [0.29, 0.717) is 11.3 Å². The van der Waals surface area contributed by atoms with Gasteiger partial charge in [0, 0.05) is 18.1 Å². The van der Waals surface area contributed by atoms with Gasteiger partial charge in [0.1, 0.15) is 0 Å². The number of nitrogens with two attached hydrogens (primary N) is 1. The lowest BCUT2D eigenvalue weighted by Crippen LogP contribution is -2.14. The third-order valence-corrected chi connectivity index (χ3v) is 2.94. The highest BCUT2D eigenvalue weighted by Gasteiger charge is 2.10. The molecule has 0 fully saturated rings. The van der Waals surface area contributed by atoms with Gasteiger partial charge in [-0.3, -0.25) is 9.78 Å². The lowest BCUT2D eigenvalue weighted by molar-refractivity contribution is 0.102. The summed E-state index contributed by atoms with van der Waals surface area (Å²) < 4.78 is 0. The summed E-state index contributed by atoms with van der Waals surface area (Å²) in [5, 5.41) is 2.91. The fourth-order valence-electron chi connectivity index (χ4n) is 2.14. The lowest BCUT2D eigenvalue weighted by atomic mass is 10.0. The number of carbonyl (C=O) groups is 1. The van der Waals surface area contributed by atoms with E-state index in [-0.39, 0.29) is 5.91 Å². The van der Waals surface area contributed by atoms with Crippen LogP contribution in [0, 0.1) is 20.8 Å². The van der Waals surface area contributed by atoms with Crippen LogP contribution in [-0.4, -0.2) is 10.9 Å². The van der Waals surface area contributed by atoms with E-state index in [4.69, 9.17) is 5.73 Å². The quantitative estimate of drug-likeness (QED) is 0.867. The number of nitrogen functional groups attached to an aromatic ring is 1. The Balaban J connectivity index is 2.29. The zero-order chi connectivity index (χ0) is 14.0. The molecule has 0 aliphatic carbocycles. The van der Waals surface area contributed by atoms with Gasteiger partial charge in [-0.25, -0.2) is 0 Å². The van der Waals surface area contributed by atoms with Gasteiger partial charge in [-0.05, 0) is 38.0 Å². The molecule has 1 aromatic carbocycles. The monoisotopic (exact) mass is 255 g/mol. The van der Waals surface area contributed by atoms with Crippen molar-refractivity contribution >= 4 is 17.3 Å². The first-order valence-corrected chi connectivity index (χ1v) is 6.07. The van der Waals surface area contributed by atoms with Crippen LogP contribution >= 0.6 is 0 Å². The number of benzene rings is 1. The molecule has 4 heteroatoms. The average molecular weight is 255 g/mol. The van der Waals surface area contributed by atoms with E-state index in [1.807, 2.05) is 32.9 Å². The summed E-state index contributed by atoms with van der Waals surface area (Å²) in [6.07, 6.45) is 3.02. The first-order chi connectivity index (χ1) is 8.97. The van der Waals surface area contributed by atoms with Crippen molar-refractivity contribution in [1.82, 2.24) is 4.98 Å². The number of rotatable bonds is 2. The highest BCUT2D eigenvalue weighted by molar-refractivity contribution is 6.05. The molecule has 0 aliphatic heterocycles. The number of hydrogen-bond donors (Lipinski definition) is 2. The molecule has 0 unspecified atom stereocenters. The van der Waals surface area contributed by atoms with Crippen LogP contribution in [0.15, 0.2) is 30.6 Å². The van der Waals surface area contributed by atoms with E-state index in [1.54, 1.807) is 6.07 Å². The molecule has 1 heterocycles. The van der Waals surface area contributed by atoms with E-state index >= 15 is 0 Å². The normalized spacial score (nSPS) is 10.3. The molecule has 0 saturated heterocycles. The van der Waals surface area contributed by atoms with Gasteiger partial charge in [0.15, 0.2) is 0 Å². The maximum atomic E-state index is 12.1. The average Bonchev–Trinajstić information content (AvgIpc) is 2.33. The summed E-state index contributed by atoms with van der Waals surface area (Å²) in [7, 11) is 0. The van der Waals surface area contributed by atoms with Crippen molar-refractivity contribution < 1.29 is 4.79 Å². The number of carbonyl (C=O) groups excluding carboxylic acids is 1. The van der Waals surface area contributed by atoms with Crippen LogP contribution < -0.4 is 11.1 Å². The van der Waals surface area contributed by atoms with Gasteiger partial charge < -0.3 is 11.1 Å². The molecule has 1 amide bonds. The lowest BCUT2D eigenvalue weighted by Gasteiger charge is -2.12. The second-order valence-corrected chi connectivity index (χ2v) is 4.73. The Labute approximate surface area is 112 Å². The predicted octanol–water partition coefficient (Wildman–Crippen LogP) is 2.84. The summed E-state index contributed by atoms with van der Waals surface area (Å²) in [5.74, 6) is -0.199. The van der Waals surface area contributed by atoms with Crippen molar-refractivity contribution in [2.75, 3.05) is 11.1 Å². The van der Waals surface area contributed by atoms with Gasteiger partial charge in [0.25, 0.3) is 5.91 Å². The second kappa shape index (κ2) is 5.10. The van der Waals surface area contributed by atoms with E-state index in [1.165, 1.54) is 18.0 Å². The minimum Gasteiger partial charge on any atom is -0.397 e. The molecule has 3 N–H and O–H groups in total. The first kappa shape index (κ1) is 13.1. The summed E-state index contributed by atoms with van der Waals surface area (Å²) in [4.78, 5) is 16.1. The highest BCUT2D eigenvalue weighted by Crippen LogP contribution is 2.22. The largest absolute Gasteiger partial charge is 0.397 e. The van der Waals surface area contributed by atoms with Crippen molar-refractivity contribution in [3.63, 3.8) is 0 Å². The van der Waals surface area contributed by atoms with Gasteiger partial charge in [-0.1, -0.05) is 17.7 Å². The second-order valence-electron chi connectivity index (χ2n) is 4.73. The molecule has 19 heavy (non-hydrogen) atoms. The van der Waals surface area contributed by atoms with Crippen LogP contribution in [0.4, 0.5) is 11.4 Å². The third-order valence-electron chi connectivity index (χ3n) is 2.94. The van der Waals surface area contributed by atoms with Crippen molar-refractivity contribution in [2.24, 2.45) is 0 Å². The van der Waals surface area contributed by atoms with E-state index in [9.17, 15) is 4.79 Å². The molecule has 2 aromatic rings. The Hall–Kier alpha value is -2.36. The van der Waals surface area contributed by atoms with E-state index in [0.717, 1.165) is 16.8 Å². The summed E-state index contributed by atoms with van der Waals surface area (Å²) in [6, 6.07) is 5.70. The molecule has 4 nitrogen and oxygen atoms in total. The number of anilines is 2. The summed E-state index contributed by atoms with van der Waals surface area (Å²) >= 11 is 0. The number of pyridine rings is 1. The molecule has 0 saturated carbocycles. The molecular weight excluding hydrogens is 238 g/mol. The molecule has 1 aromatic heterocycles. The number of nitrogens with zero attached hydrogens (tertiary/aromatic N) is 1. The van der Waals surface area contributed by atoms with Crippen molar-refractivity contribution in [1.29, 1.82) is 0 Å². The minimum absolute atomic E-state index is 0.199. The molecule has 0 atom stereocenters. The van der Waals surface area contributed by atoms with Crippen LogP contribution in [0.3, 0.4) is 0 Å². The maximum Gasteiger partial charge on any atom is 0.257 e. The summed E-state index contributed by atoms with van der Waals surface area (Å²) in [6.45, 7) is 5.99. The van der Waals surface area contributed by atoms with Crippen LogP contribution in [0.2, 0.25) is 0 Å². The van der Waals surface area contributed by atoms with Crippen molar-refractivity contribution in [3.05, 3.63) is 52.8 Å². The number of aromatic nitrogens is 1. The van der Waals surface area contributed by atoms with Crippen LogP contribution in [0.1, 0.15) is 27.0 Å².